The van der Waals surface area contributed by atoms with Crippen molar-refractivity contribution in [1.82, 2.24) is 0 Å². The fourth-order valence-electron chi connectivity index (χ4n) is 0.996. The van der Waals surface area contributed by atoms with Crippen LogP contribution in [-0.4, -0.2) is 12.1 Å². The first-order chi connectivity index (χ1) is 7.12. The number of alkyl halides is 3. The summed E-state index contributed by atoms with van der Waals surface area (Å²) in [5.74, 6) is -1.05. The zero-order valence-corrected chi connectivity index (χ0v) is 9.01. The third kappa shape index (κ3) is 6.00. The number of carboxylic acids is 1. The number of hydrogen-bond acceptors (Lipinski definition) is 2. The summed E-state index contributed by atoms with van der Waals surface area (Å²) < 4.78 is 36.8. The van der Waals surface area contributed by atoms with Crippen LogP contribution >= 0.6 is 0 Å². The molecule has 0 amide bonds. The molecule has 0 aliphatic heterocycles. The molecule has 1 heterocycles. The maximum atomic E-state index is 10.5. The first-order valence-corrected chi connectivity index (χ1v) is 4.29. The number of aliphatic carboxylic acids is 1. The molecular formula is C10H11F3O3. The van der Waals surface area contributed by atoms with Crippen molar-refractivity contribution in [2.75, 3.05) is 0 Å². The van der Waals surface area contributed by atoms with Gasteiger partial charge in [-0.3, -0.25) is 0 Å². The van der Waals surface area contributed by atoms with E-state index in [9.17, 15) is 13.2 Å². The SMILES string of the molecule is Cc1cc(C)[o+]c(C)c1.O=C([O-])C(F)(F)F. The van der Waals surface area contributed by atoms with Gasteiger partial charge < -0.3 is 9.90 Å². The summed E-state index contributed by atoms with van der Waals surface area (Å²) in [6.45, 7) is 5.98. The van der Waals surface area contributed by atoms with E-state index in [2.05, 4.69) is 6.92 Å². The highest BCUT2D eigenvalue weighted by Crippen LogP contribution is 2.11. The van der Waals surface area contributed by atoms with Crippen LogP contribution in [0.25, 0.3) is 0 Å². The Bertz CT molecular complexity index is 322. The van der Waals surface area contributed by atoms with Crippen LogP contribution in [0, 0.1) is 20.8 Å². The highest BCUT2D eigenvalue weighted by Gasteiger charge is 2.28. The normalized spacial score (nSPS) is 10.4. The van der Waals surface area contributed by atoms with Gasteiger partial charge in [-0.05, 0) is 12.5 Å². The predicted octanol–water partition coefficient (Wildman–Crippen LogP) is 1.78. The zero-order valence-electron chi connectivity index (χ0n) is 9.01. The first kappa shape index (κ1) is 14.4. The van der Waals surface area contributed by atoms with Crippen molar-refractivity contribution in [2.24, 2.45) is 0 Å². The molecule has 0 aliphatic carbocycles. The lowest BCUT2D eigenvalue weighted by atomic mass is 10.2. The van der Waals surface area contributed by atoms with Crippen molar-refractivity contribution < 1.29 is 27.5 Å². The maximum absolute atomic E-state index is 10.5. The molecule has 0 atom stereocenters. The standard InChI is InChI=1S/C8H11O.C2HF3O2/c1-6-4-7(2)9-8(3)5-6;3-2(4,5)1(6)7/h4-5H,1-3H3;(H,6,7)/q+1;/p-1. The molecule has 16 heavy (non-hydrogen) atoms. The Morgan fingerprint density at radius 3 is 1.69 bits per heavy atom. The van der Waals surface area contributed by atoms with E-state index in [0.29, 0.717) is 0 Å². The molecule has 0 saturated heterocycles. The van der Waals surface area contributed by atoms with E-state index >= 15 is 0 Å². The van der Waals surface area contributed by atoms with Crippen molar-refractivity contribution in [3.63, 3.8) is 0 Å². The smallest absolute Gasteiger partial charge is 0.430 e. The molecule has 0 bridgehead atoms. The number of hydrogen-bond donors (Lipinski definition) is 0. The van der Waals surface area contributed by atoms with E-state index in [0.717, 1.165) is 11.5 Å². The fraction of sp³-hybridized carbons (Fsp3) is 0.400. The Hall–Kier alpha value is -1.59. The lowest BCUT2D eigenvalue weighted by Gasteiger charge is -2.03. The molecule has 0 aliphatic rings. The molecule has 1 aromatic rings. The molecule has 0 radical (unpaired) electrons. The Balaban J connectivity index is 0.000000293. The van der Waals surface area contributed by atoms with Crippen LogP contribution in [0.5, 0.6) is 0 Å². The summed E-state index contributed by atoms with van der Waals surface area (Å²) in [6.07, 6.45) is -5.19. The average molecular weight is 236 g/mol. The monoisotopic (exact) mass is 236 g/mol. The van der Waals surface area contributed by atoms with Crippen molar-refractivity contribution in [3.8, 4) is 0 Å². The molecule has 3 nitrogen and oxygen atoms in total. The van der Waals surface area contributed by atoms with Crippen LogP contribution < -0.4 is 5.11 Å². The number of halogens is 3. The molecule has 0 fully saturated rings. The van der Waals surface area contributed by atoms with E-state index in [-0.39, 0.29) is 0 Å². The first-order valence-electron chi connectivity index (χ1n) is 4.29. The molecule has 0 N–H and O–H groups in total. The van der Waals surface area contributed by atoms with E-state index in [4.69, 9.17) is 14.3 Å². The van der Waals surface area contributed by atoms with Crippen LogP contribution in [0.4, 0.5) is 13.2 Å². The van der Waals surface area contributed by atoms with Gasteiger partial charge in [-0.15, -0.1) is 0 Å². The number of carbonyl (C=O) groups excluding carboxylic acids is 1. The average Bonchev–Trinajstić information content (AvgIpc) is 1.99. The topological polar surface area (TPSA) is 51.4 Å². The fourth-order valence-corrected chi connectivity index (χ4v) is 0.996. The van der Waals surface area contributed by atoms with E-state index in [1.165, 1.54) is 5.56 Å². The molecule has 0 spiro atoms. The summed E-state index contributed by atoms with van der Waals surface area (Å²) in [7, 11) is 0. The van der Waals surface area contributed by atoms with Gasteiger partial charge >= 0.3 is 17.7 Å². The predicted molar refractivity (Wildman–Crippen MR) is 48.4 cm³/mol. The van der Waals surface area contributed by atoms with E-state index < -0.39 is 12.1 Å². The molecule has 0 saturated carbocycles. The molecular weight excluding hydrogens is 225 g/mol. The Kier molecular flexibility index (Phi) is 4.94. The molecule has 0 aromatic carbocycles. The minimum absolute atomic E-state index is 0.979. The van der Waals surface area contributed by atoms with Crippen LogP contribution in [-0.2, 0) is 4.79 Å². The van der Waals surface area contributed by atoms with Crippen LogP contribution in [0.1, 0.15) is 17.1 Å². The van der Waals surface area contributed by atoms with Crippen molar-refractivity contribution in [1.29, 1.82) is 0 Å². The highest BCUT2D eigenvalue weighted by molar-refractivity contribution is 5.70. The third-order valence-corrected chi connectivity index (χ3v) is 1.42. The van der Waals surface area contributed by atoms with Gasteiger partial charge in [0.15, 0.2) is 0 Å². The lowest BCUT2D eigenvalue weighted by Crippen LogP contribution is -2.37. The summed E-state index contributed by atoms with van der Waals surface area (Å²) in [6, 6.07) is 4.04. The summed E-state index contributed by atoms with van der Waals surface area (Å²) in [5.41, 5.74) is 1.26. The quantitative estimate of drug-likeness (QED) is 0.645. The molecule has 1 aromatic heterocycles. The van der Waals surface area contributed by atoms with Gasteiger partial charge in [-0.2, -0.15) is 13.2 Å². The van der Waals surface area contributed by atoms with Gasteiger partial charge in [0.25, 0.3) is 0 Å². The number of carbonyl (C=O) groups is 1. The summed E-state index contributed by atoms with van der Waals surface area (Å²) in [5, 5.41) is 8.78. The van der Waals surface area contributed by atoms with Crippen LogP contribution in [0.15, 0.2) is 16.5 Å². The van der Waals surface area contributed by atoms with Crippen molar-refractivity contribution in [3.05, 3.63) is 29.2 Å². The minimum Gasteiger partial charge on any atom is -0.542 e. The van der Waals surface area contributed by atoms with Gasteiger partial charge in [0.05, 0.1) is 13.8 Å². The van der Waals surface area contributed by atoms with Gasteiger partial charge in [-0.25, -0.2) is 4.42 Å². The number of carboxylic acid groups (broad SMARTS) is 1. The highest BCUT2D eigenvalue weighted by atomic mass is 19.4. The second kappa shape index (κ2) is 5.48. The molecule has 1 rings (SSSR count). The van der Waals surface area contributed by atoms with E-state index in [1.807, 2.05) is 26.0 Å². The lowest BCUT2D eigenvalue weighted by molar-refractivity contribution is -0.344. The van der Waals surface area contributed by atoms with Crippen molar-refractivity contribution >= 4 is 5.97 Å². The third-order valence-electron chi connectivity index (χ3n) is 1.42. The Morgan fingerprint density at radius 2 is 1.50 bits per heavy atom. The van der Waals surface area contributed by atoms with Crippen LogP contribution in [0.3, 0.4) is 0 Å². The van der Waals surface area contributed by atoms with Gasteiger partial charge in [0, 0.05) is 12.1 Å². The molecule has 0 unspecified atom stereocenters. The van der Waals surface area contributed by atoms with Gasteiger partial charge in [-0.1, -0.05) is 0 Å². The summed E-state index contributed by atoms with van der Waals surface area (Å²) >= 11 is 0. The Labute approximate surface area is 90.5 Å². The van der Waals surface area contributed by atoms with Crippen LogP contribution in [0.2, 0.25) is 0 Å². The maximum Gasteiger partial charge on any atom is 0.430 e. The summed E-state index contributed by atoms with van der Waals surface area (Å²) in [4.78, 5) is 8.78. The second-order valence-corrected chi connectivity index (χ2v) is 3.14. The number of aryl methyl sites for hydroxylation is 3. The number of rotatable bonds is 0. The van der Waals surface area contributed by atoms with E-state index in [1.54, 1.807) is 0 Å². The zero-order chi connectivity index (χ0) is 12.9. The van der Waals surface area contributed by atoms with Crippen molar-refractivity contribution in [2.45, 2.75) is 26.9 Å². The second-order valence-electron chi connectivity index (χ2n) is 3.14. The van der Waals surface area contributed by atoms with Gasteiger partial charge in [0.2, 0.25) is 0 Å². The van der Waals surface area contributed by atoms with Gasteiger partial charge in [0.1, 0.15) is 5.97 Å². The Morgan fingerprint density at radius 1 is 1.19 bits per heavy atom. The minimum atomic E-state index is -5.19. The molecule has 90 valence electrons. The largest absolute Gasteiger partial charge is 0.542 e. The molecule has 6 heteroatoms.